The average Bonchev–Trinajstić information content (AvgIpc) is 2.42. The number of nitrogen functional groups attached to an aromatic ring is 1. The van der Waals surface area contributed by atoms with Gasteiger partial charge in [-0.1, -0.05) is 23.7 Å². The maximum atomic E-state index is 12.3. The van der Waals surface area contributed by atoms with Gasteiger partial charge in [0, 0.05) is 0 Å². The monoisotopic (exact) mass is 290 g/mol. The van der Waals surface area contributed by atoms with Crippen molar-refractivity contribution in [3.63, 3.8) is 0 Å². The van der Waals surface area contributed by atoms with E-state index in [0.717, 1.165) is 5.56 Å². The number of nitrogens with two attached hydrogens (primary N) is 1. The molecule has 2 aromatic carbocycles. The number of methoxy groups -OCH3 is 1. The van der Waals surface area contributed by atoms with E-state index >= 15 is 0 Å². The SMILES string of the molecule is COc1ccc(C)cc1NC(=O)c1cccc(N)c1Cl. The lowest BCUT2D eigenvalue weighted by Gasteiger charge is -2.12. The van der Waals surface area contributed by atoms with Crippen molar-refractivity contribution in [1.82, 2.24) is 0 Å². The molecule has 0 saturated heterocycles. The van der Waals surface area contributed by atoms with E-state index in [1.165, 1.54) is 0 Å². The van der Waals surface area contributed by atoms with Crippen LogP contribution < -0.4 is 15.8 Å². The largest absolute Gasteiger partial charge is 0.495 e. The minimum atomic E-state index is -0.328. The van der Waals surface area contributed by atoms with Crippen molar-refractivity contribution in [1.29, 1.82) is 0 Å². The van der Waals surface area contributed by atoms with E-state index in [2.05, 4.69) is 5.32 Å². The minimum absolute atomic E-state index is 0.247. The van der Waals surface area contributed by atoms with Gasteiger partial charge < -0.3 is 15.8 Å². The lowest BCUT2D eigenvalue weighted by atomic mass is 10.1. The fourth-order valence-electron chi connectivity index (χ4n) is 1.83. The molecule has 0 aliphatic carbocycles. The quantitative estimate of drug-likeness (QED) is 0.851. The van der Waals surface area contributed by atoms with Crippen molar-refractivity contribution in [3.8, 4) is 5.75 Å². The highest BCUT2D eigenvalue weighted by molar-refractivity contribution is 6.36. The molecule has 0 aliphatic heterocycles. The molecular weight excluding hydrogens is 276 g/mol. The number of aryl methyl sites for hydroxylation is 1. The predicted octanol–water partition coefficient (Wildman–Crippen LogP) is 3.49. The van der Waals surface area contributed by atoms with E-state index in [1.54, 1.807) is 31.4 Å². The van der Waals surface area contributed by atoms with Crippen LogP contribution in [-0.4, -0.2) is 13.0 Å². The lowest BCUT2D eigenvalue weighted by molar-refractivity contribution is 0.102. The summed E-state index contributed by atoms with van der Waals surface area (Å²) in [5, 5.41) is 3.03. The summed E-state index contributed by atoms with van der Waals surface area (Å²) in [7, 11) is 1.55. The molecule has 0 fully saturated rings. The Hall–Kier alpha value is -2.20. The molecule has 2 rings (SSSR count). The van der Waals surface area contributed by atoms with Gasteiger partial charge in [-0.05, 0) is 36.8 Å². The second-order valence-electron chi connectivity index (χ2n) is 4.37. The second-order valence-corrected chi connectivity index (χ2v) is 4.74. The number of carbonyl (C=O) groups is 1. The summed E-state index contributed by atoms with van der Waals surface area (Å²) in [4.78, 5) is 12.3. The predicted molar refractivity (Wildman–Crippen MR) is 81.5 cm³/mol. The van der Waals surface area contributed by atoms with Crippen molar-refractivity contribution in [2.24, 2.45) is 0 Å². The molecule has 3 N–H and O–H groups in total. The lowest BCUT2D eigenvalue weighted by Crippen LogP contribution is -2.14. The van der Waals surface area contributed by atoms with Crippen molar-refractivity contribution >= 4 is 28.9 Å². The molecule has 0 saturated carbocycles. The smallest absolute Gasteiger partial charge is 0.257 e. The normalized spacial score (nSPS) is 10.2. The van der Waals surface area contributed by atoms with Gasteiger partial charge in [-0.25, -0.2) is 0 Å². The van der Waals surface area contributed by atoms with Gasteiger partial charge in [0.1, 0.15) is 5.75 Å². The molecule has 0 radical (unpaired) electrons. The summed E-state index contributed by atoms with van der Waals surface area (Å²) in [6, 6.07) is 10.5. The second kappa shape index (κ2) is 5.84. The van der Waals surface area contributed by atoms with Crippen LogP contribution in [-0.2, 0) is 0 Å². The zero-order chi connectivity index (χ0) is 14.7. The Bertz CT molecular complexity index is 656. The Labute approximate surface area is 122 Å². The Balaban J connectivity index is 2.32. The summed E-state index contributed by atoms with van der Waals surface area (Å²) in [5.74, 6) is 0.259. The molecule has 0 aromatic heterocycles. The maximum Gasteiger partial charge on any atom is 0.257 e. The van der Waals surface area contributed by atoms with E-state index in [9.17, 15) is 4.79 Å². The van der Waals surface area contributed by atoms with Gasteiger partial charge in [-0.15, -0.1) is 0 Å². The molecule has 2 aromatic rings. The summed E-state index contributed by atoms with van der Waals surface area (Å²) >= 11 is 6.04. The molecule has 20 heavy (non-hydrogen) atoms. The number of anilines is 2. The van der Waals surface area contributed by atoms with Gasteiger partial charge in [0.05, 0.1) is 29.1 Å². The Morgan fingerprint density at radius 1 is 1.30 bits per heavy atom. The minimum Gasteiger partial charge on any atom is -0.495 e. The van der Waals surface area contributed by atoms with Crippen LogP contribution in [0.5, 0.6) is 5.75 Å². The van der Waals surface area contributed by atoms with E-state index in [4.69, 9.17) is 22.1 Å². The number of amides is 1. The third-order valence-corrected chi connectivity index (χ3v) is 3.30. The number of ether oxygens (including phenoxy) is 1. The molecule has 0 bridgehead atoms. The molecule has 1 amide bonds. The van der Waals surface area contributed by atoms with Crippen molar-refractivity contribution in [3.05, 3.63) is 52.5 Å². The Morgan fingerprint density at radius 2 is 2.05 bits per heavy atom. The fraction of sp³-hybridized carbons (Fsp3) is 0.133. The fourth-order valence-corrected chi connectivity index (χ4v) is 2.05. The first-order valence-electron chi connectivity index (χ1n) is 6.03. The van der Waals surface area contributed by atoms with Gasteiger partial charge in [0.25, 0.3) is 5.91 Å². The molecule has 0 aliphatic rings. The molecule has 5 heteroatoms. The van der Waals surface area contributed by atoms with Crippen LogP contribution in [0.4, 0.5) is 11.4 Å². The zero-order valence-electron chi connectivity index (χ0n) is 11.2. The topological polar surface area (TPSA) is 64.3 Å². The molecular formula is C15H15ClN2O2. The number of rotatable bonds is 3. The Kier molecular flexibility index (Phi) is 4.15. The molecule has 0 spiro atoms. The highest BCUT2D eigenvalue weighted by Crippen LogP contribution is 2.28. The van der Waals surface area contributed by atoms with Gasteiger partial charge in [0.2, 0.25) is 0 Å². The third kappa shape index (κ3) is 2.86. The maximum absolute atomic E-state index is 12.3. The van der Waals surface area contributed by atoms with Crippen molar-refractivity contribution < 1.29 is 9.53 Å². The van der Waals surface area contributed by atoms with E-state index in [-0.39, 0.29) is 10.9 Å². The average molecular weight is 291 g/mol. The van der Waals surface area contributed by atoms with Crippen LogP contribution in [0.2, 0.25) is 5.02 Å². The summed E-state index contributed by atoms with van der Waals surface area (Å²) in [5.41, 5.74) is 8.00. The highest BCUT2D eigenvalue weighted by atomic mass is 35.5. The van der Waals surface area contributed by atoms with Gasteiger partial charge in [-0.3, -0.25) is 4.79 Å². The summed E-state index contributed by atoms with van der Waals surface area (Å²) in [6.07, 6.45) is 0. The van der Waals surface area contributed by atoms with Crippen molar-refractivity contribution in [2.45, 2.75) is 6.92 Å². The van der Waals surface area contributed by atoms with Gasteiger partial charge in [-0.2, -0.15) is 0 Å². The molecule has 4 nitrogen and oxygen atoms in total. The highest BCUT2D eigenvalue weighted by Gasteiger charge is 2.14. The molecule has 0 atom stereocenters. The Morgan fingerprint density at radius 3 is 2.75 bits per heavy atom. The van der Waals surface area contributed by atoms with Crippen LogP contribution in [0.15, 0.2) is 36.4 Å². The first-order valence-corrected chi connectivity index (χ1v) is 6.40. The molecule has 0 unspecified atom stereocenters. The zero-order valence-corrected chi connectivity index (χ0v) is 12.0. The third-order valence-electron chi connectivity index (χ3n) is 2.88. The molecule has 0 heterocycles. The number of hydrogen-bond acceptors (Lipinski definition) is 3. The van der Waals surface area contributed by atoms with Crippen LogP contribution in [0.25, 0.3) is 0 Å². The van der Waals surface area contributed by atoms with E-state index in [1.807, 2.05) is 19.1 Å². The van der Waals surface area contributed by atoms with Gasteiger partial charge >= 0.3 is 0 Å². The molecule has 104 valence electrons. The summed E-state index contributed by atoms with van der Waals surface area (Å²) < 4.78 is 5.22. The van der Waals surface area contributed by atoms with E-state index in [0.29, 0.717) is 22.7 Å². The number of halogens is 1. The van der Waals surface area contributed by atoms with Crippen LogP contribution in [0.1, 0.15) is 15.9 Å². The van der Waals surface area contributed by atoms with Crippen LogP contribution in [0, 0.1) is 6.92 Å². The first-order chi connectivity index (χ1) is 9.52. The van der Waals surface area contributed by atoms with E-state index < -0.39 is 0 Å². The van der Waals surface area contributed by atoms with Crippen LogP contribution >= 0.6 is 11.6 Å². The first kappa shape index (κ1) is 14.2. The number of nitrogens with one attached hydrogen (secondary N) is 1. The van der Waals surface area contributed by atoms with Gasteiger partial charge in [0.15, 0.2) is 0 Å². The van der Waals surface area contributed by atoms with Crippen LogP contribution in [0.3, 0.4) is 0 Å². The number of hydrogen-bond donors (Lipinski definition) is 2. The standard InChI is InChI=1S/C15H15ClN2O2/c1-9-6-7-13(20-2)12(8-9)18-15(19)10-4-3-5-11(17)14(10)16/h3-8H,17H2,1-2H3,(H,18,19). The number of benzene rings is 2. The number of carbonyl (C=O) groups excluding carboxylic acids is 1. The summed E-state index contributed by atoms with van der Waals surface area (Å²) in [6.45, 7) is 1.93. The van der Waals surface area contributed by atoms with Crippen molar-refractivity contribution in [2.75, 3.05) is 18.2 Å².